The molecule has 0 N–H and O–H groups in total. The summed E-state index contributed by atoms with van der Waals surface area (Å²) in [6.45, 7) is 7.79. The molecule has 0 aliphatic heterocycles. The van der Waals surface area contributed by atoms with Gasteiger partial charge < -0.3 is 9.47 Å². The second-order valence-electron chi connectivity index (χ2n) is 2.87. The molecule has 0 saturated heterocycles. The molecule has 0 rings (SSSR count). The Bertz CT molecular complexity index is 305. The summed E-state index contributed by atoms with van der Waals surface area (Å²) >= 11 is 0. The monoisotopic (exact) mass is 226 g/mol. The lowest BCUT2D eigenvalue weighted by Gasteiger charge is -2.10. The zero-order chi connectivity index (χ0) is 12.6. The average molecular weight is 226 g/mol. The van der Waals surface area contributed by atoms with Gasteiger partial charge in [0, 0.05) is 18.6 Å². The number of hydrogen-bond donors (Lipinski definition) is 0. The number of ketones is 1. The third kappa shape index (κ3) is 5.74. The van der Waals surface area contributed by atoms with Gasteiger partial charge in [-0.2, -0.15) is 0 Å². The summed E-state index contributed by atoms with van der Waals surface area (Å²) in [7, 11) is 0. The maximum absolute atomic E-state index is 11.3. The van der Waals surface area contributed by atoms with E-state index in [1.165, 1.54) is 6.92 Å². The van der Waals surface area contributed by atoms with Gasteiger partial charge in [-0.15, -0.1) is 0 Å². The van der Waals surface area contributed by atoms with Gasteiger partial charge >= 0.3 is 11.9 Å². The van der Waals surface area contributed by atoms with Gasteiger partial charge in [-0.05, 0) is 6.92 Å². The van der Waals surface area contributed by atoms with E-state index in [2.05, 4.69) is 22.6 Å². The number of Topliss-reactive ketones (excluding diaryl/α,β-unsaturated/α-hetero) is 1. The third-order valence-electron chi connectivity index (χ3n) is 1.67. The van der Waals surface area contributed by atoms with Crippen LogP contribution in [0.5, 0.6) is 0 Å². The van der Waals surface area contributed by atoms with Crippen molar-refractivity contribution >= 4 is 17.7 Å². The molecule has 0 aliphatic rings. The van der Waals surface area contributed by atoms with Crippen molar-refractivity contribution in [2.24, 2.45) is 0 Å². The normalized spacial score (nSPS) is 11.1. The van der Waals surface area contributed by atoms with Crippen LogP contribution in [0.2, 0.25) is 0 Å². The largest absolute Gasteiger partial charge is 0.462 e. The molecule has 0 spiro atoms. The van der Waals surface area contributed by atoms with E-state index in [9.17, 15) is 14.4 Å². The van der Waals surface area contributed by atoms with Crippen molar-refractivity contribution in [2.45, 2.75) is 19.4 Å². The Hall–Kier alpha value is -1.91. The Morgan fingerprint density at radius 1 is 1.19 bits per heavy atom. The molecule has 0 aromatic carbocycles. The molecule has 0 aromatic rings. The molecule has 0 aromatic heterocycles. The fourth-order valence-electron chi connectivity index (χ4n) is 0.802. The molecule has 5 nitrogen and oxygen atoms in total. The Kier molecular flexibility index (Phi) is 6.51. The van der Waals surface area contributed by atoms with Crippen LogP contribution in [0, 0.1) is 0 Å². The summed E-state index contributed by atoms with van der Waals surface area (Å²) in [4.78, 5) is 32.7. The number of carbonyl (C=O) groups excluding carboxylic acids is 3. The Morgan fingerprint density at radius 3 is 2.25 bits per heavy atom. The van der Waals surface area contributed by atoms with Gasteiger partial charge in [-0.25, -0.2) is 9.59 Å². The van der Waals surface area contributed by atoms with Gasteiger partial charge in [0.1, 0.15) is 0 Å². The van der Waals surface area contributed by atoms with Crippen LogP contribution in [0.15, 0.2) is 25.3 Å². The lowest BCUT2D eigenvalue weighted by molar-refractivity contribution is -0.150. The Labute approximate surface area is 93.7 Å². The van der Waals surface area contributed by atoms with E-state index >= 15 is 0 Å². The minimum Gasteiger partial charge on any atom is -0.462 e. The summed E-state index contributed by atoms with van der Waals surface area (Å²) < 4.78 is 9.28. The van der Waals surface area contributed by atoms with E-state index in [0.717, 1.165) is 12.2 Å². The molecule has 0 fully saturated rings. The highest BCUT2D eigenvalue weighted by molar-refractivity contribution is 5.88. The van der Waals surface area contributed by atoms with Crippen molar-refractivity contribution in [1.29, 1.82) is 0 Å². The number of carbonyl (C=O) groups is 3. The van der Waals surface area contributed by atoms with Gasteiger partial charge in [0.2, 0.25) is 0 Å². The van der Waals surface area contributed by atoms with Crippen LogP contribution in [-0.4, -0.2) is 30.4 Å². The van der Waals surface area contributed by atoms with Gasteiger partial charge in [0.25, 0.3) is 0 Å². The molecule has 0 radical (unpaired) electrons. The maximum atomic E-state index is 11.3. The van der Waals surface area contributed by atoms with Crippen molar-refractivity contribution in [3.8, 4) is 0 Å². The predicted molar refractivity (Wildman–Crippen MR) is 56.5 cm³/mol. The van der Waals surface area contributed by atoms with Gasteiger partial charge in [-0.3, -0.25) is 4.79 Å². The first-order valence-corrected chi connectivity index (χ1v) is 4.66. The SMILES string of the molecule is C=CC(=O)OCCC(=O)C(C)OC(=O)C=C. The highest BCUT2D eigenvalue weighted by Gasteiger charge is 2.16. The molecule has 0 saturated carbocycles. The van der Waals surface area contributed by atoms with E-state index < -0.39 is 18.0 Å². The van der Waals surface area contributed by atoms with Crippen LogP contribution in [-0.2, 0) is 23.9 Å². The van der Waals surface area contributed by atoms with Crippen molar-refractivity contribution in [3.63, 3.8) is 0 Å². The fraction of sp³-hybridized carbons (Fsp3) is 0.364. The second kappa shape index (κ2) is 7.39. The summed E-state index contributed by atoms with van der Waals surface area (Å²) in [6.07, 6.45) is 1.10. The summed E-state index contributed by atoms with van der Waals surface area (Å²) in [5.41, 5.74) is 0. The van der Waals surface area contributed by atoms with Crippen LogP contribution in [0.25, 0.3) is 0 Å². The first kappa shape index (κ1) is 14.1. The van der Waals surface area contributed by atoms with Crippen molar-refractivity contribution < 1.29 is 23.9 Å². The lowest BCUT2D eigenvalue weighted by Crippen LogP contribution is -2.24. The van der Waals surface area contributed by atoms with Crippen molar-refractivity contribution in [2.75, 3.05) is 6.61 Å². The van der Waals surface area contributed by atoms with Gasteiger partial charge in [-0.1, -0.05) is 13.2 Å². The van der Waals surface area contributed by atoms with E-state index in [1.807, 2.05) is 0 Å². The first-order valence-electron chi connectivity index (χ1n) is 4.66. The highest BCUT2D eigenvalue weighted by atomic mass is 16.5. The molecule has 0 heterocycles. The average Bonchev–Trinajstić information content (AvgIpc) is 2.28. The topological polar surface area (TPSA) is 69.7 Å². The molecule has 5 heteroatoms. The molecule has 0 bridgehead atoms. The standard InChI is InChI=1S/C11H14O5/c1-4-10(13)15-7-6-9(12)8(3)16-11(14)5-2/h4-5,8H,1-2,6-7H2,3H3. The van der Waals surface area contributed by atoms with Crippen LogP contribution in [0.3, 0.4) is 0 Å². The lowest BCUT2D eigenvalue weighted by atomic mass is 10.2. The molecule has 16 heavy (non-hydrogen) atoms. The van der Waals surface area contributed by atoms with E-state index in [0.29, 0.717) is 0 Å². The van der Waals surface area contributed by atoms with Crippen molar-refractivity contribution in [3.05, 3.63) is 25.3 Å². The van der Waals surface area contributed by atoms with Gasteiger partial charge in [0.15, 0.2) is 11.9 Å². The van der Waals surface area contributed by atoms with Crippen molar-refractivity contribution in [1.82, 2.24) is 0 Å². The third-order valence-corrected chi connectivity index (χ3v) is 1.67. The van der Waals surface area contributed by atoms with Crippen LogP contribution < -0.4 is 0 Å². The van der Waals surface area contributed by atoms with Crippen LogP contribution in [0.1, 0.15) is 13.3 Å². The molecule has 0 aliphatic carbocycles. The number of esters is 2. The molecule has 1 unspecified atom stereocenters. The zero-order valence-corrected chi connectivity index (χ0v) is 9.10. The highest BCUT2D eigenvalue weighted by Crippen LogP contribution is 1.99. The maximum Gasteiger partial charge on any atom is 0.330 e. The summed E-state index contributed by atoms with van der Waals surface area (Å²) in [6, 6.07) is 0. The number of ether oxygens (including phenoxy) is 2. The predicted octanol–water partition coefficient (Wildman–Crippen LogP) is 0.792. The minimum atomic E-state index is -0.868. The molecule has 0 amide bonds. The molecule has 88 valence electrons. The Morgan fingerprint density at radius 2 is 1.75 bits per heavy atom. The summed E-state index contributed by atoms with van der Waals surface area (Å²) in [5, 5.41) is 0. The molecular formula is C11H14O5. The van der Waals surface area contributed by atoms with E-state index in [4.69, 9.17) is 0 Å². The van der Waals surface area contributed by atoms with E-state index in [1.54, 1.807) is 0 Å². The second-order valence-corrected chi connectivity index (χ2v) is 2.87. The Balaban J connectivity index is 3.87. The smallest absolute Gasteiger partial charge is 0.330 e. The van der Waals surface area contributed by atoms with Crippen LogP contribution in [0.4, 0.5) is 0 Å². The van der Waals surface area contributed by atoms with Gasteiger partial charge in [0.05, 0.1) is 6.61 Å². The number of hydrogen-bond acceptors (Lipinski definition) is 5. The quantitative estimate of drug-likeness (QED) is 0.474. The zero-order valence-electron chi connectivity index (χ0n) is 9.10. The first-order chi connectivity index (χ1) is 7.51. The number of rotatable bonds is 7. The minimum absolute atomic E-state index is 0.00876. The van der Waals surface area contributed by atoms with E-state index in [-0.39, 0.29) is 18.8 Å². The summed E-state index contributed by atoms with van der Waals surface area (Å²) in [5.74, 6) is -1.58. The van der Waals surface area contributed by atoms with Crippen LogP contribution >= 0.6 is 0 Å². The molecule has 1 atom stereocenters. The molecular weight excluding hydrogens is 212 g/mol. The fourth-order valence-corrected chi connectivity index (χ4v) is 0.802.